The third-order valence-electron chi connectivity index (χ3n) is 13.6. The molecule has 15 rings (SSSR count). The fourth-order valence-electron chi connectivity index (χ4n) is 10.5. The SMILES string of the molecule is c1ccc2cc3c(cc2c1)c1ccccc1n3-c1ccc(-c2nc(-c3cccc4c3oc3ccccc34)nc(-c3cccc4oc5ccccc5c34)n2)cc1-c1ccc2c(c1)oc1ccccc12. The molecule has 5 aromatic heterocycles. The van der Waals surface area contributed by atoms with Gasteiger partial charge in [0.2, 0.25) is 0 Å². The Morgan fingerprint density at radius 3 is 1.72 bits per heavy atom. The maximum absolute atomic E-state index is 6.61. The number of rotatable bonds is 5. The van der Waals surface area contributed by atoms with Crippen molar-refractivity contribution >= 4 is 98.4 Å². The van der Waals surface area contributed by atoms with E-state index in [0.717, 1.165) is 110 Å². The summed E-state index contributed by atoms with van der Waals surface area (Å²) in [7, 11) is 0. The Morgan fingerprint density at radius 2 is 0.882 bits per heavy atom. The molecule has 7 nitrogen and oxygen atoms in total. The third-order valence-corrected chi connectivity index (χ3v) is 13.6. The summed E-state index contributed by atoms with van der Waals surface area (Å²) in [6, 6.07) is 71.7. The van der Waals surface area contributed by atoms with Crippen LogP contribution in [0.3, 0.4) is 0 Å². The summed E-state index contributed by atoms with van der Waals surface area (Å²) < 4.78 is 21.9. The van der Waals surface area contributed by atoms with Gasteiger partial charge in [-0.3, -0.25) is 0 Å². The Balaban J connectivity index is 1.02. The minimum absolute atomic E-state index is 0.503. The van der Waals surface area contributed by atoms with Crippen molar-refractivity contribution in [2.24, 2.45) is 0 Å². The lowest BCUT2D eigenvalue weighted by Crippen LogP contribution is -2.02. The van der Waals surface area contributed by atoms with E-state index in [1.54, 1.807) is 0 Å². The minimum atomic E-state index is 0.503. The van der Waals surface area contributed by atoms with Gasteiger partial charge in [0.25, 0.3) is 0 Å². The molecule has 0 saturated carbocycles. The molecular weight excluding hydrogens is 837 g/mol. The van der Waals surface area contributed by atoms with E-state index >= 15 is 0 Å². The number of hydrogen-bond donors (Lipinski definition) is 0. The van der Waals surface area contributed by atoms with Crippen molar-refractivity contribution < 1.29 is 13.3 Å². The molecule has 10 aromatic carbocycles. The van der Waals surface area contributed by atoms with Gasteiger partial charge in [0.05, 0.1) is 22.3 Å². The van der Waals surface area contributed by atoms with Crippen LogP contribution in [-0.4, -0.2) is 19.5 Å². The summed E-state index contributed by atoms with van der Waals surface area (Å²) in [4.78, 5) is 16.0. The van der Waals surface area contributed by atoms with Crippen LogP contribution in [0.2, 0.25) is 0 Å². The molecule has 0 aliphatic carbocycles. The van der Waals surface area contributed by atoms with Crippen LogP contribution in [0.5, 0.6) is 0 Å². The van der Waals surface area contributed by atoms with Crippen LogP contribution >= 0.6 is 0 Å². The molecule has 0 spiro atoms. The smallest absolute Gasteiger partial charge is 0.167 e. The molecule has 68 heavy (non-hydrogen) atoms. The number of furan rings is 3. The second-order valence-corrected chi connectivity index (χ2v) is 17.5. The van der Waals surface area contributed by atoms with Crippen LogP contribution in [0, 0.1) is 0 Å². The van der Waals surface area contributed by atoms with Gasteiger partial charge >= 0.3 is 0 Å². The minimum Gasteiger partial charge on any atom is -0.456 e. The number of hydrogen-bond acceptors (Lipinski definition) is 6. The summed E-state index contributed by atoms with van der Waals surface area (Å²) in [5.74, 6) is 1.55. The largest absolute Gasteiger partial charge is 0.456 e. The molecule has 0 saturated heterocycles. The predicted octanol–water partition coefficient (Wildman–Crippen LogP) is 16.5. The van der Waals surface area contributed by atoms with Crippen LogP contribution < -0.4 is 0 Å². The molecule has 0 fully saturated rings. The summed E-state index contributed by atoms with van der Waals surface area (Å²) in [5.41, 5.74) is 12.4. The van der Waals surface area contributed by atoms with Crippen molar-refractivity contribution in [3.63, 3.8) is 0 Å². The predicted molar refractivity (Wildman–Crippen MR) is 275 cm³/mol. The molecule has 5 heterocycles. The maximum Gasteiger partial charge on any atom is 0.167 e. The van der Waals surface area contributed by atoms with E-state index in [4.69, 9.17) is 28.2 Å². The van der Waals surface area contributed by atoms with Crippen LogP contribution in [-0.2, 0) is 0 Å². The second-order valence-electron chi connectivity index (χ2n) is 17.5. The van der Waals surface area contributed by atoms with E-state index in [1.807, 2.05) is 72.8 Å². The van der Waals surface area contributed by atoms with Crippen LogP contribution in [0.25, 0.3) is 149 Å². The van der Waals surface area contributed by atoms with Crippen LogP contribution in [0.1, 0.15) is 0 Å². The number of benzene rings is 10. The van der Waals surface area contributed by atoms with Crippen molar-refractivity contribution in [2.75, 3.05) is 0 Å². The average Bonchev–Trinajstić information content (AvgIpc) is 4.16. The first-order valence-electron chi connectivity index (χ1n) is 22.7. The van der Waals surface area contributed by atoms with Gasteiger partial charge in [-0.15, -0.1) is 0 Å². The first kappa shape index (κ1) is 36.9. The molecule has 0 radical (unpaired) electrons. The van der Waals surface area contributed by atoms with Crippen molar-refractivity contribution in [2.45, 2.75) is 0 Å². The highest BCUT2D eigenvalue weighted by molar-refractivity contribution is 6.15. The molecule has 0 amide bonds. The lowest BCUT2D eigenvalue weighted by molar-refractivity contribution is 0.668. The fraction of sp³-hybridized carbons (Fsp3) is 0. The van der Waals surface area contributed by atoms with Gasteiger partial charge in [-0.1, -0.05) is 127 Å². The van der Waals surface area contributed by atoms with Gasteiger partial charge in [-0.05, 0) is 95.2 Å². The average molecular weight is 871 g/mol. The van der Waals surface area contributed by atoms with Crippen molar-refractivity contribution in [1.29, 1.82) is 0 Å². The van der Waals surface area contributed by atoms with Crippen molar-refractivity contribution in [1.82, 2.24) is 19.5 Å². The van der Waals surface area contributed by atoms with Gasteiger partial charge in [-0.2, -0.15) is 0 Å². The molecule has 316 valence electrons. The summed E-state index contributed by atoms with van der Waals surface area (Å²) in [6.07, 6.45) is 0. The molecule has 0 N–H and O–H groups in total. The number of para-hydroxylation sites is 5. The highest BCUT2D eigenvalue weighted by Gasteiger charge is 2.23. The van der Waals surface area contributed by atoms with E-state index in [-0.39, 0.29) is 0 Å². The molecule has 15 aromatic rings. The first-order chi connectivity index (χ1) is 33.7. The summed E-state index contributed by atoms with van der Waals surface area (Å²) in [5, 5.41) is 10.9. The Hall–Kier alpha value is -9.33. The van der Waals surface area contributed by atoms with Gasteiger partial charge in [0.15, 0.2) is 17.5 Å². The van der Waals surface area contributed by atoms with Crippen LogP contribution in [0.15, 0.2) is 220 Å². The van der Waals surface area contributed by atoms with Gasteiger partial charge < -0.3 is 17.8 Å². The topological polar surface area (TPSA) is 83.0 Å². The fourth-order valence-corrected chi connectivity index (χ4v) is 10.5. The number of nitrogens with zero attached hydrogens (tertiary/aromatic N) is 4. The molecule has 0 bridgehead atoms. The Labute approximate surface area is 386 Å². The second kappa shape index (κ2) is 14.1. The van der Waals surface area contributed by atoms with E-state index in [9.17, 15) is 0 Å². The summed E-state index contributed by atoms with van der Waals surface area (Å²) >= 11 is 0. The zero-order valence-corrected chi connectivity index (χ0v) is 36.1. The molecule has 0 atom stereocenters. The Kier molecular flexibility index (Phi) is 7.65. The zero-order valence-electron chi connectivity index (χ0n) is 36.1. The van der Waals surface area contributed by atoms with Gasteiger partial charge in [0, 0.05) is 59.8 Å². The van der Waals surface area contributed by atoms with E-state index < -0.39 is 0 Å². The van der Waals surface area contributed by atoms with Crippen molar-refractivity contribution in [3.05, 3.63) is 206 Å². The van der Waals surface area contributed by atoms with Gasteiger partial charge in [0.1, 0.15) is 33.5 Å². The van der Waals surface area contributed by atoms with Crippen LogP contribution in [0.4, 0.5) is 0 Å². The molecule has 0 unspecified atom stereocenters. The Bertz CT molecular complexity index is 4590. The number of fused-ring (bicyclic) bond motifs is 13. The molecule has 0 aliphatic heterocycles. The zero-order chi connectivity index (χ0) is 44.5. The monoisotopic (exact) mass is 870 g/mol. The Morgan fingerprint density at radius 1 is 0.309 bits per heavy atom. The third kappa shape index (κ3) is 5.44. The standard InChI is InChI=1S/C61H34N4O3/c1-2-14-36-33-51-48(31-35(36)13-1)39-15-3-7-22-49(39)65(51)50-30-28-38(32-47(50)37-27-29-42-40-16-4-8-23-52(40)67-56(42)34-37)59-62-60(45-20-12-26-55-57(45)44-18-6-10-25-54(44)66-55)64-61(63-59)46-21-11-19-43-41-17-5-9-24-53(41)68-58(43)46/h1-34H. The first-order valence-corrected chi connectivity index (χ1v) is 22.7. The molecule has 0 aliphatic rings. The number of aromatic nitrogens is 4. The van der Waals surface area contributed by atoms with E-state index in [1.165, 1.54) is 21.5 Å². The summed E-state index contributed by atoms with van der Waals surface area (Å²) in [6.45, 7) is 0. The lowest BCUT2D eigenvalue weighted by atomic mass is 9.98. The van der Waals surface area contributed by atoms with Gasteiger partial charge in [-0.25, -0.2) is 15.0 Å². The quantitative estimate of drug-likeness (QED) is 0.171. The van der Waals surface area contributed by atoms with E-state index in [0.29, 0.717) is 17.5 Å². The lowest BCUT2D eigenvalue weighted by Gasteiger charge is -2.16. The highest BCUT2D eigenvalue weighted by atomic mass is 16.3. The molecule has 7 heteroatoms. The normalized spacial score (nSPS) is 12.1. The van der Waals surface area contributed by atoms with Crippen molar-refractivity contribution in [3.8, 4) is 51.0 Å². The molecular formula is C61H34N4O3. The highest BCUT2D eigenvalue weighted by Crippen LogP contribution is 2.43. The van der Waals surface area contributed by atoms with E-state index in [2.05, 4.69) is 138 Å². The maximum atomic E-state index is 6.61.